The minimum atomic E-state index is -3.68. The first-order valence-corrected chi connectivity index (χ1v) is 10.6. The Morgan fingerprint density at radius 3 is 2.48 bits per heavy atom. The highest BCUT2D eigenvalue weighted by atomic mass is 32.2. The van der Waals surface area contributed by atoms with Crippen LogP contribution in [0.2, 0.25) is 0 Å². The highest BCUT2D eigenvalue weighted by molar-refractivity contribution is 7.92. The van der Waals surface area contributed by atoms with Gasteiger partial charge in [-0.15, -0.1) is 0 Å². The van der Waals surface area contributed by atoms with Gasteiger partial charge in [0.05, 0.1) is 30.8 Å². The third-order valence-corrected chi connectivity index (χ3v) is 5.57. The van der Waals surface area contributed by atoms with Crippen molar-refractivity contribution >= 4 is 27.2 Å². The molecule has 0 aliphatic carbocycles. The number of nitrogens with zero attached hydrogens (tertiary/aromatic N) is 2. The second-order valence-electron chi connectivity index (χ2n) is 6.47. The zero-order chi connectivity index (χ0) is 21.3. The standard InChI is InChI=1S/C19H20FN3O5S/c1-4-9-23(29(3,26)27)15-11-22-14(10-16(15)24)17(19(25)28-2)18(21-22)12-5-7-13(20)8-6-12/h5-8,10-11,21H,4,9H2,1-3H3. The van der Waals surface area contributed by atoms with Crippen molar-refractivity contribution in [1.29, 1.82) is 0 Å². The van der Waals surface area contributed by atoms with Crippen LogP contribution in [0.1, 0.15) is 23.7 Å². The monoisotopic (exact) mass is 421 g/mol. The summed E-state index contributed by atoms with van der Waals surface area (Å²) in [6, 6.07) is 6.62. The van der Waals surface area contributed by atoms with Crippen molar-refractivity contribution < 1.29 is 22.3 Å². The van der Waals surface area contributed by atoms with Crippen LogP contribution in [0.5, 0.6) is 0 Å². The van der Waals surface area contributed by atoms with E-state index in [0.717, 1.165) is 10.6 Å². The molecule has 8 nitrogen and oxygen atoms in total. The van der Waals surface area contributed by atoms with Gasteiger partial charge in [0.25, 0.3) is 0 Å². The van der Waals surface area contributed by atoms with Gasteiger partial charge in [-0.25, -0.2) is 17.6 Å². The van der Waals surface area contributed by atoms with E-state index in [1.807, 2.05) is 0 Å². The number of esters is 1. The molecule has 0 bridgehead atoms. The average molecular weight is 421 g/mol. The number of hydrogen-bond acceptors (Lipinski definition) is 5. The Labute approximate surface area is 166 Å². The van der Waals surface area contributed by atoms with Gasteiger partial charge in [0, 0.05) is 18.2 Å². The van der Waals surface area contributed by atoms with Gasteiger partial charge in [0.1, 0.15) is 17.1 Å². The molecule has 1 N–H and O–H groups in total. The number of rotatable bonds is 6. The second-order valence-corrected chi connectivity index (χ2v) is 8.38. The molecule has 0 saturated heterocycles. The van der Waals surface area contributed by atoms with E-state index in [2.05, 4.69) is 5.10 Å². The van der Waals surface area contributed by atoms with Crippen molar-refractivity contribution in [2.75, 3.05) is 24.2 Å². The predicted molar refractivity (Wildman–Crippen MR) is 107 cm³/mol. The summed E-state index contributed by atoms with van der Waals surface area (Å²) in [5, 5.41) is 2.96. The molecule has 2 aromatic heterocycles. The lowest BCUT2D eigenvalue weighted by Crippen LogP contribution is -2.34. The van der Waals surface area contributed by atoms with Crippen LogP contribution >= 0.6 is 0 Å². The van der Waals surface area contributed by atoms with Gasteiger partial charge in [-0.3, -0.25) is 18.7 Å². The van der Waals surface area contributed by atoms with Crippen LogP contribution in [0.3, 0.4) is 0 Å². The SMILES string of the molecule is CCCN(c1cn2[nH]c(-c3ccc(F)cc3)c(C(=O)OC)c2cc1=O)S(C)(=O)=O. The number of H-pyrrole nitrogens is 1. The molecule has 0 unspecified atom stereocenters. The summed E-state index contributed by atoms with van der Waals surface area (Å²) in [5.41, 5.74) is 0.515. The van der Waals surface area contributed by atoms with E-state index < -0.39 is 27.2 Å². The van der Waals surface area contributed by atoms with Crippen LogP contribution in [-0.4, -0.2) is 43.9 Å². The van der Waals surface area contributed by atoms with E-state index in [9.17, 15) is 22.4 Å². The molecule has 0 aliphatic heterocycles. The first-order valence-electron chi connectivity index (χ1n) is 8.77. The van der Waals surface area contributed by atoms with E-state index in [0.29, 0.717) is 17.7 Å². The highest BCUT2D eigenvalue weighted by Crippen LogP contribution is 2.28. The maximum absolute atomic E-state index is 13.3. The minimum Gasteiger partial charge on any atom is -0.465 e. The van der Waals surface area contributed by atoms with Crippen molar-refractivity contribution in [3.05, 3.63) is 58.1 Å². The number of methoxy groups -OCH3 is 1. The van der Waals surface area contributed by atoms with Gasteiger partial charge in [0.15, 0.2) is 0 Å². The third-order valence-electron chi connectivity index (χ3n) is 4.39. The summed E-state index contributed by atoms with van der Waals surface area (Å²) in [5.74, 6) is -1.13. The first kappa shape index (κ1) is 20.6. The average Bonchev–Trinajstić information content (AvgIpc) is 3.03. The number of ether oxygens (including phenoxy) is 1. The fourth-order valence-corrected chi connectivity index (χ4v) is 4.11. The Bertz CT molecular complexity index is 1230. The molecule has 0 radical (unpaired) electrons. The molecule has 10 heteroatoms. The maximum Gasteiger partial charge on any atom is 0.342 e. The smallest absolute Gasteiger partial charge is 0.342 e. The van der Waals surface area contributed by atoms with Crippen molar-refractivity contribution in [2.24, 2.45) is 0 Å². The molecule has 0 fully saturated rings. The van der Waals surface area contributed by atoms with Gasteiger partial charge in [-0.05, 0) is 30.7 Å². The molecule has 2 heterocycles. The largest absolute Gasteiger partial charge is 0.465 e. The third kappa shape index (κ3) is 3.88. The summed E-state index contributed by atoms with van der Waals surface area (Å²) in [6.07, 6.45) is 2.86. The predicted octanol–water partition coefficient (Wildman–Crippen LogP) is 2.40. The Balaban J connectivity index is 2.31. The van der Waals surface area contributed by atoms with Crippen molar-refractivity contribution in [3.63, 3.8) is 0 Å². The number of pyridine rings is 1. The van der Waals surface area contributed by atoms with Gasteiger partial charge in [0.2, 0.25) is 15.5 Å². The van der Waals surface area contributed by atoms with Gasteiger partial charge in [-0.1, -0.05) is 6.92 Å². The molecule has 29 heavy (non-hydrogen) atoms. The molecule has 3 rings (SSSR count). The zero-order valence-corrected chi connectivity index (χ0v) is 16.9. The lowest BCUT2D eigenvalue weighted by molar-refractivity contribution is 0.0604. The Morgan fingerprint density at radius 2 is 1.93 bits per heavy atom. The molecular formula is C19H20FN3O5S. The van der Waals surface area contributed by atoms with Crippen LogP contribution < -0.4 is 9.73 Å². The number of nitrogens with one attached hydrogen (secondary N) is 1. The van der Waals surface area contributed by atoms with E-state index >= 15 is 0 Å². The summed E-state index contributed by atoms with van der Waals surface area (Å²) >= 11 is 0. The molecule has 0 amide bonds. The second kappa shape index (κ2) is 7.70. The molecule has 3 aromatic rings. The van der Waals surface area contributed by atoms with E-state index in [1.165, 1.54) is 48.2 Å². The Morgan fingerprint density at radius 1 is 1.28 bits per heavy atom. The van der Waals surface area contributed by atoms with Crippen LogP contribution in [0.25, 0.3) is 16.8 Å². The number of carbonyl (C=O) groups excluding carboxylic acids is 1. The van der Waals surface area contributed by atoms with Crippen molar-refractivity contribution in [1.82, 2.24) is 9.61 Å². The number of aromatic amines is 1. The van der Waals surface area contributed by atoms with Crippen LogP contribution in [-0.2, 0) is 14.8 Å². The van der Waals surface area contributed by atoms with E-state index in [4.69, 9.17) is 4.74 Å². The lowest BCUT2D eigenvalue weighted by Gasteiger charge is -2.20. The number of carbonyl (C=O) groups is 1. The number of halogens is 1. The summed E-state index contributed by atoms with van der Waals surface area (Å²) in [4.78, 5) is 25.1. The highest BCUT2D eigenvalue weighted by Gasteiger charge is 2.25. The Hall–Kier alpha value is -3.14. The number of fused-ring (bicyclic) bond motifs is 1. The number of benzene rings is 1. The zero-order valence-electron chi connectivity index (χ0n) is 16.1. The Kier molecular flexibility index (Phi) is 5.47. The van der Waals surface area contributed by atoms with Crippen LogP contribution in [0.15, 0.2) is 41.3 Å². The molecular weight excluding hydrogens is 401 g/mol. The van der Waals surface area contributed by atoms with E-state index in [1.54, 1.807) is 6.92 Å². The lowest BCUT2D eigenvalue weighted by atomic mass is 10.1. The van der Waals surface area contributed by atoms with Gasteiger partial charge < -0.3 is 4.74 Å². The molecule has 154 valence electrons. The molecule has 1 aromatic carbocycles. The normalized spacial score (nSPS) is 11.6. The fraction of sp³-hybridized carbons (Fsp3) is 0.263. The van der Waals surface area contributed by atoms with Crippen LogP contribution in [0, 0.1) is 5.82 Å². The number of sulfonamides is 1. The quantitative estimate of drug-likeness (QED) is 0.616. The molecule has 0 aliphatic rings. The summed E-state index contributed by atoms with van der Waals surface area (Å²) < 4.78 is 44.9. The minimum absolute atomic E-state index is 0.0461. The van der Waals surface area contributed by atoms with E-state index in [-0.39, 0.29) is 23.3 Å². The molecule has 0 spiro atoms. The molecule has 0 saturated carbocycles. The van der Waals surface area contributed by atoms with Crippen LogP contribution in [0.4, 0.5) is 10.1 Å². The number of hydrogen-bond donors (Lipinski definition) is 1. The molecule has 0 atom stereocenters. The van der Waals surface area contributed by atoms with Gasteiger partial charge >= 0.3 is 5.97 Å². The van der Waals surface area contributed by atoms with Crippen molar-refractivity contribution in [2.45, 2.75) is 13.3 Å². The van der Waals surface area contributed by atoms with Crippen molar-refractivity contribution in [3.8, 4) is 11.3 Å². The number of aromatic nitrogens is 2. The fourth-order valence-electron chi connectivity index (χ4n) is 3.10. The summed E-state index contributed by atoms with van der Waals surface area (Å²) in [6.45, 7) is 1.93. The topological polar surface area (TPSA) is 101 Å². The summed E-state index contributed by atoms with van der Waals surface area (Å²) in [7, 11) is -2.47. The maximum atomic E-state index is 13.3. The van der Waals surface area contributed by atoms with Gasteiger partial charge in [-0.2, -0.15) is 0 Å². The first-order chi connectivity index (χ1) is 13.7. The number of anilines is 1.